The topological polar surface area (TPSA) is 56.2 Å². The molecule has 7 heteroatoms. The molecule has 0 radical (unpaired) electrons. The predicted molar refractivity (Wildman–Crippen MR) is 113 cm³/mol. The summed E-state index contributed by atoms with van der Waals surface area (Å²) in [6.07, 6.45) is 3.57. The third kappa shape index (κ3) is 5.38. The molecule has 0 fully saturated rings. The van der Waals surface area contributed by atoms with Crippen LogP contribution in [0.15, 0.2) is 66.1 Å². The Balaban J connectivity index is 1.64. The maximum Gasteiger partial charge on any atom is 0.230 e. The van der Waals surface area contributed by atoms with Crippen molar-refractivity contribution >= 4 is 17.7 Å². The molecular weight excluding hydrogens is 389 g/mol. The fourth-order valence-corrected chi connectivity index (χ4v) is 3.77. The van der Waals surface area contributed by atoms with E-state index in [-0.39, 0.29) is 29.4 Å². The van der Waals surface area contributed by atoms with Crippen LogP contribution in [0.1, 0.15) is 25.5 Å². The number of amides is 1. The molecule has 0 bridgehead atoms. The highest BCUT2D eigenvalue weighted by Crippen LogP contribution is 2.24. The van der Waals surface area contributed by atoms with E-state index in [1.165, 1.54) is 23.9 Å². The molecule has 1 atom stereocenters. The number of methoxy groups -OCH3 is 1. The van der Waals surface area contributed by atoms with Gasteiger partial charge in [0, 0.05) is 18.1 Å². The second-order valence-electron chi connectivity index (χ2n) is 6.91. The zero-order chi connectivity index (χ0) is 20.8. The molecule has 152 valence electrons. The van der Waals surface area contributed by atoms with Crippen molar-refractivity contribution in [3.05, 3.63) is 72.3 Å². The summed E-state index contributed by atoms with van der Waals surface area (Å²) in [5, 5.41) is 3.78. The van der Waals surface area contributed by atoms with Crippen LogP contribution in [-0.4, -0.2) is 28.3 Å². The molecule has 0 spiro atoms. The molecule has 1 amide bonds. The summed E-state index contributed by atoms with van der Waals surface area (Å²) in [6.45, 7) is 4.05. The normalized spacial score (nSPS) is 12.0. The molecule has 0 aliphatic heterocycles. The Morgan fingerprint density at radius 2 is 1.86 bits per heavy atom. The van der Waals surface area contributed by atoms with Crippen molar-refractivity contribution in [2.45, 2.75) is 25.0 Å². The number of carbonyl (C=O) groups excluding carboxylic acids is 1. The van der Waals surface area contributed by atoms with Crippen LogP contribution in [-0.2, 0) is 4.79 Å². The summed E-state index contributed by atoms with van der Waals surface area (Å²) in [4.78, 5) is 16.9. The largest absolute Gasteiger partial charge is 0.497 e. The average molecular weight is 414 g/mol. The second kappa shape index (κ2) is 9.60. The lowest BCUT2D eigenvalue weighted by Crippen LogP contribution is -2.33. The van der Waals surface area contributed by atoms with Crippen molar-refractivity contribution in [2.24, 2.45) is 5.92 Å². The van der Waals surface area contributed by atoms with Gasteiger partial charge in [-0.05, 0) is 47.9 Å². The highest BCUT2D eigenvalue weighted by atomic mass is 32.2. The lowest BCUT2D eigenvalue weighted by molar-refractivity contribution is -0.119. The van der Waals surface area contributed by atoms with Gasteiger partial charge in [-0.3, -0.25) is 9.36 Å². The molecule has 2 aromatic carbocycles. The number of hydrogen-bond donors (Lipinski definition) is 1. The Labute approximate surface area is 174 Å². The number of carbonyl (C=O) groups is 1. The monoisotopic (exact) mass is 413 g/mol. The van der Waals surface area contributed by atoms with Gasteiger partial charge >= 0.3 is 0 Å². The Hall–Kier alpha value is -2.80. The van der Waals surface area contributed by atoms with Crippen molar-refractivity contribution in [1.82, 2.24) is 14.9 Å². The van der Waals surface area contributed by atoms with Crippen LogP contribution in [0.2, 0.25) is 0 Å². The van der Waals surface area contributed by atoms with Crippen LogP contribution in [0.25, 0.3) is 5.69 Å². The summed E-state index contributed by atoms with van der Waals surface area (Å²) >= 11 is 1.37. The Morgan fingerprint density at radius 1 is 1.17 bits per heavy atom. The van der Waals surface area contributed by atoms with Gasteiger partial charge < -0.3 is 10.1 Å². The van der Waals surface area contributed by atoms with E-state index in [0.717, 1.165) is 22.2 Å². The maximum atomic E-state index is 13.2. The number of nitrogens with one attached hydrogen (secondary N) is 1. The van der Waals surface area contributed by atoms with Crippen molar-refractivity contribution in [3.63, 3.8) is 0 Å². The molecule has 1 N–H and O–H groups in total. The van der Waals surface area contributed by atoms with E-state index >= 15 is 0 Å². The minimum absolute atomic E-state index is 0.0951. The average Bonchev–Trinajstić information content (AvgIpc) is 3.20. The Kier molecular flexibility index (Phi) is 6.93. The first-order valence-corrected chi connectivity index (χ1v) is 10.3. The number of hydrogen-bond acceptors (Lipinski definition) is 4. The molecule has 1 aromatic heterocycles. The van der Waals surface area contributed by atoms with Gasteiger partial charge in [0.15, 0.2) is 5.16 Å². The summed E-state index contributed by atoms with van der Waals surface area (Å²) in [6, 6.07) is 13.7. The minimum Gasteiger partial charge on any atom is -0.497 e. The number of rotatable bonds is 8. The number of thioether (sulfide) groups is 1. The van der Waals surface area contributed by atoms with E-state index in [0.29, 0.717) is 0 Å². The number of imidazole rings is 1. The van der Waals surface area contributed by atoms with Gasteiger partial charge in [-0.15, -0.1) is 0 Å². The molecule has 29 heavy (non-hydrogen) atoms. The summed E-state index contributed by atoms with van der Waals surface area (Å²) < 4.78 is 20.3. The lowest BCUT2D eigenvalue weighted by Gasteiger charge is -2.23. The van der Waals surface area contributed by atoms with Crippen molar-refractivity contribution in [3.8, 4) is 11.4 Å². The highest BCUT2D eigenvalue weighted by Gasteiger charge is 2.19. The number of benzene rings is 2. The van der Waals surface area contributed by atoms with Gasteiger partial charge in [-0.1, -0.05) is 37.7 Å². The SMILES string of the molecule is COc1ccc(-n2ccnc2SCC(=O)NC(c2ccc(F)cc2)C(C)C)cc1. The molecule has 1 heterocycles. The summed E-state index contributed by atoms with van der Waals surface area (Å²) in [5.41, 5.74) is 1.83. The third-order valence-electron chi connectivity index (χ3n) is 4.50. The highest BCUT2D eigenvalue weighted by molar-refractivity contribution is 7.99. The van der Waals surface area contributed by atoms with Crippen LogP contribution in [0, 0.1) is 11.7 Å². The first-order chi connectivity index (χ1) is 14.0. The molecule has 0 aliphatic rings. The van der Waals surface area contributed by atoms with Crippen LogP contribution in [0.4, 0.5) is 4.39 Å². The summed E-state index contributed by atoms with van der Waals surface area (Å²) in [5.74, 6) is 0.807. The van der Waals surface area contributed by atoms with E-state index in [1.54, 1.807) is 25.4 Å². The third-order valence-corrected chi connectivity index (χ3v) is 5.47. The first-order valence-electron chi connectivity index (χ1n) is 9.33. The van der Waals surface area contributed by atoms with Gasteiger partial charge in [-0.2, -0.15) is 0 Å². The predicted octanol–water partition coefficient (Wildman–Crippen LogP) is 4.63. The smallest absolute Gasteiger partial charge is 0.230 e. The number of aromatic nitrogens is 2. The second-order valence-corrected chi connectivity index (χ2v) is 7.85. The molecule has 0 aliphatic carbocycles. The quantitative estimate of drug-likeness (QED) is 0.547. The van der Waals surface area contributed by atoms with E-state index in [2.05, 4.69) is 10.3 Å². The van der Waals surface area contributed by atoms with Crippen LogP contribution < -0.4 is 10.1 Å². The van der Waals surface area contributed by atoms with E-state index in [9.17, 15) is 9.18 Å². The lowest BCUT2D eigenvalue weighted by atomic mass is 9.96. The Bertz CT molecular complexity index is 939. The first kappa shape index (κ1) is 20.9. The standard InChI is InChI=1S/C22H24FN3O2S/c1-15(2)21(16-4-6-17(23)7-5-16)25-20(27)14-29-22-24-12-13-26(22)18-8-10-19(28-3)11-9-18/h4-13,15,21H,14H2,1-3H3,(H,25,27). The fraction of sp³-hybridized carbons (Fsp3) is 0.273. The number of nitrogens with zero attached hydrogens (tertiary/aromatic N) is 2. The van der Waals surface area contributed by atoms with Crippen molar-refractivity contribution in [1.29, 1.82) is 0 Å². The Morgan fingerprint density at radius 3 is 2.48 bits per heavy atom. The van der Waals surface area contributed by atoms with Crippen molar-refractivity contribution < 1.29 is 13.9 Å². The van der Waals surface area contributed by atoms with Gasteiger partial charge in [0.25, 0.3) is 0 Å². The van der Waals surface area contributed by atoms with E-state index in [4.69, 9.17) is 4.74 Å². The fourth-order valence-electron chi connectivity index (χ4n) is 2.99. The molecule has 5 nitrogen and oxygen atoms in total. The molecule has 1 unspecified atom stereocenters. The van der Waals surface area contributed by atoms with E-state index < -0.39 is 0 Å². The summed E-state index contributed by atoms with van der Waals surface area (Å²) in [7, 11) is 1.63. The van der Waals surface area contributed by atoms with Gasteiger partial charge in [0.2, 0.25) is 5.91 Å². The molecule has 0 saturated heterocycles. The zero-order valence-corrected chi connectivity index (χ0v) is 17.4. The zero-order valence-electron chi connectivity index (χ0n) is 16.6. The van der Waals surface area contributed by atoms with Gasteiger partial charge in [0.1, 0.15) is 11.6 Å². The van der Waals surface area contributed by atoms with Crippen molar-refractivity contribution in [2.75, 3.05) is 12.9 Å². The maximum absolute atomic E-state index is 13.2. The number of ether oxygens (including phenoxy) is 1. The van der Waals surface area contributed by atoms with Crippen LogP contribution in [0.5, 0.6) is 5.75 Å². The van der Waals surface area contributed by atoms with Crippen LogP contribution >= 0.6 is 11.8 Å². The molecule has 3 rings (SSSR count). The van der Waals surface area contributed by atoms with Gasteiger partial charge in [-0.25, -0.2) is 9.37 Å². The van der Waals surface area contributed by atoms with Gasteiger partial charge in [0.05, 0.1) is 18.9 Å². The van der Waals surface area contributed by atoms with E-state index in [1.807, 2.05) is 48.9 Å². The molecule has 3 aromatic rings. The molecular formula is C22H24FN3O2S. The number of halogens is 1. The molecule has 0 saturated carbocycles. The minimum atomic E-state index is -0.288. The van der Waals surface area contributed by atoms with Crippen LogP contribution in [0.3, 0.4) is 0 Å².